The molecule has 0 radical (unpaired) electrons. The molecule has 0 aromatic carbocycles. The van der Waals surface area contributed by atoms with E-state index in [0.717, 1.165) is 17.9 Å². The fourth-order valence-electron chi connectivity index (χ4n) is 2.22. The minimum Gasteiger partial charge on any atom is -0.314 e. The van der Waals surface area contributed by atoms with Crippen LogP contribution >= 0.6 is 0 Å². The Hall–Kier alpha value is -0.0400. The van der Waals surface area contributed by atoms with Crippen LogP contribution in [-0.2, 0) is 0 Å². The first-order valence-electron chi connectivity index (χ1n) is 6.51. The molecule has 2 unspecified atom stereocenters. The van der Waals surface area contributed by atoms with Gasteiger partial charge in [-0.05, 0) is 31.2 Å². The van der Waals surface area contributed by atoms with Crippen LogP contribution in [0.3, 0.4) is 0 Å². The highest BCUT2D eigenvalue weighted by Gasteiger charge is 2.24. The van der Waals surface area contributed by atoms with Crippen molar-refractivity contribution in [3.8, 4) is 0 Å². The quantitative estimate of drug-likeness (QED) is 0.657. The molecule has 1 aliphatic carbocycles. The van der Waals surface area contributed by atoms with Gasteiger partial charge in [-0.15, -0.1) is 0 Å². The van der Waals surface area contributed by atoms with Gasteiger partial charge in [0.2, 0.25) is 0 Å². The van der Waals surface area contributed by atoms with Crippen LogP contribution in [0.25, 0.3) is 0 Å². The standard InChI is InChI=1S/C13H27N/c1-4-9-14-13(11(3)5-2)10-12-7-6-8-12/h11-14H,4-10H2,1-3H3. The van der Waals surface area contributed by atoms with E-state index in [0.29, 0.717) is 0 Å². The second-order valence-corrected chi connectivity index (χ2v) is 4.98. The van der Waals surface area contributed by atoms with Gasteiger partial charge in [0, 0.05) is 6.04 Å². The summed E-state index contributed by atoms with van der Waals surface area (Å²) in [5, 5.41) is 3.72. The Balaban J connectivity index is 2.26. The van der Waals surface area contributed by atoms with Crippen LogP contribution in [0.1, 0.15) is 59.3 Å². The van der Waals surface area contributed by atoms with Crippen LogP contribution in [0.5, 0.6) is 0 Å². The molecule has 0 aromatic heterocycles. The monoisotopic (exact) mass is 197 g/mol. The first-order chi connectivity index (χ1) is 6.77. The topological polar surface area (TPSA) is 12.0 Å². The SMILES string of the molecule is CCCNC(CC1CCC1)C(C)CC. The van der Waals surface area contributed by atoms with E-state index in [9.17, 15) is 0 Å². The molecule has 0 aromatic rings. The number of nitrogens with one attached hydrogen (secondary N) is 1. The van der Waals surface area contributed by atoms with E-state index in [4.69, 9.17) is 0 Å². The highest BCUT2D eigenvalue weighted by atomic mass is 14.9. The maximum absolute atomic E-state index is 3.72. The lowest BCUT2D eigenvalue weighted by Crippen LogP contribution is -2.38. The van der Waals surface area contributed by atoms with Crippen molar-refractivity contribution < 1.29 is 0 Å². The zero-order valence-corrected chi connectivity index (χ0v) is 10.2. The predicted molar refractivity (Wildman–Crippen MR) is 63.5 cm³/mol. The van der Waals surface area contributed by atoms with E-state index < -0.39 is 0 Å². The maximum atomic E-state index is 3.72. The molecule has 0 amide bonds. The van der Waals surface area contributed by atoms with Gasteiger partial charge in [0.25, 0.3) is 0 Å². The van der Waals surface area contributed by atoms with E-state index in [1.54, 1.807) is 0 Å². The predicted octanol–water partition coefficient (Wildman–Crippen LogP) is 3.59. The third-order valence-electron chi connectivity index (χ3n) is 3.80. The van der Waals surface area contributed by atoms with Gasteiger partial charge in [-0.25, -0.2) is 0 Å². The number of hydrogen-bond acceptors (Lipinski definition) is 1. The van der Waals surface area contributed by atoms with E-state index >= 15 is 0 Å². The second kappa shape index (κ2) is 6.44. The summed E-state index contributed by atoms with van der Waals surface area (Å²) in [6, 6.07) is 0.783. The molecule has 1 heteroatoms. The van der Waals surface area contributed by atoms with Crippen molar-refractivity contribution in [1.29, 1.82) is 0 Å². The Morgan fingerprint density at radius 1 is 1.29 bits per heavy atom. The van der Waals surface area contributed by atoms with Crippen molar-refractivity contribution in [2.75, 3.05) is 6.54 Å². The van der Waals surface area contributed by atoms with Crippen molar-refractivity contribution in [3.63, 3.8) is 0 Å². The van der Waals surface area contributed by atoms with Gasteiger partial charge in [-0.2, -0.15) is 0 Å². The Bertz CT molecular complexity index is 140. The van der Waals surface area contributed by atoms with E-state index in [-0.39, 0.29) is 0 Å². The lowest BCUT2D eigenvalue weighted by atomic mass is 9.78. The van der Waals surface area contributed by atoms with Crippen molar-refractivity contribution in [3.05, 3.63) is 0 Å². The molecule has 84 valence electrons. The molecule has 1 saturated carbocycles. The van der Waals surface area contributed by atoms with Crippen LogP contribution in [0.15, 0.2) is 0 Å². The zero-order chi connectivity index (χ0) is 10.4. The van der Waals surface area contributed by atoms with Gasteiger partial charge in [-0.1, -0.05) is 46.5 Å². The maximum Gasteiger partial charge on any atom is 0.00952 e. The first-order valence-corrected chi connectivity index (χ1v) is 6.51. The van der Waals surface area contributed by atoms with Crippen molar-refractivity contribution >= 4 is 0 Å². The Morgan fingerprint density at radius 2 is 2.00 bits per heavy atom. The Kier molecular flexibility index (Phi) is 5.54. The van der Waals surface area contributed by atoms with Gasteiger partial charge in [0.15, 0.2) is 0 Å². The average Bonchev–Trinajstić information content (AvgIpc) is 2.14. The van der Waals surface area contributed by atoms with Crippen LogP contribution < -0.4 is 5.32 Å². The minimum atomic E-state index is 0.783. The molecule has 1 nitrogen and oxygen atoms in total. The fourth-order valence-corrected chi connectivity index (χ4v) is 2.22. The molecule has 14 heavy (non-hydrogen) atoms. The molecule has 1 N–H and O–H groups in total. The van der Waals surface area contributed by atoms with Crippen molar-refractivity contribution in [2.45, 2.75) is 65.3 Å². The normalized spacial score (nSPS) is 21.6. The molecular weight excluding hydrogens is 170 g/mol. The highest BCUT2D eigenvalue weighted by Crippen LogP contribution is 2.32. The molecule has 0 spiro atoms. The fraction of sp³-hybridized carbons (Fsp3) is 1.00. The summed E-state index contributed by atoms with van der Waals surface area (Å²) in [6.07, 6.45) is 8.45. The van der Waals surface area contributed by atoms with Gasteiger partial charge in [-0.3, -0.25) is 0 Å². The Labute approximate surface area is 89.7 Å². The molecule has 0 heterocycles. The minimum absolute atomic E-state index is 0.783. The van der Waals surface area contributed by atoms with Crippen LogP contribution in [-0.4, -0.2) is 12.6 Å². The summed E-state index contributed by atoms with van der Waals surface area (Å²) < 4.78 is 0. The summed E-state index contributed by atoms with van der Waals surface area (Å²) in [6.45, 7) is 8.16. The molecule has 0 aliphatic heterocycles. The summed E-state index contributed by atoms with van der Waals surface area (Å²) in [5.41, 5.74) is 0. The Morgan fingerprint density at radius 3 is 2.43 bits per heavy atom. The van der Waals surface area contributed by atoms with Gasteiger partial charge in [0.1, 0.15) is 0 Å². The lowest BCUT2D eigenvalue weighted by molar-refractivity contribution is 0.225. The summed E-state index contributed by atoms with van der Waals surface area (Å²) in [4.78, 5) is 0. The molecule has 2 atom stereocenters. The molecule has 1 aliphatic rings. The van der Waals surface area contributed by atoms with Gasteiger partial charge >= 0.3 is 0 Å². The van der Waals surface area contributed by atoms with Crippen LogP contribution in [0, 0.1) is 11.8 Å². The van der Waals surface area contributed by atoms with E-state index in [2.05, 4.69) is 26.1 Å². The first kappa shape index (κ1) is 12.0. The number of rotatable bonds is 7. The molecule has 0 bridgehead atoms. The molecule has 0 saturated heterocycles. The van der Waals surface area contributed by atoms with Crippen LogP contribution in [0.4, 0.5) is 0 Å². The largest absolute Gasteiger partial charge is 0.314 e. The van der Waals surface area contributed by atoms with Crippen molar-refractivity contribution in [1.82, 2.24) is 5.32 Å². The smallest absolute Gasteiger partial charge is 0.00952 e. The zero-order valence-electron chi connectivity index (χ0n) is 10.2. The van der Waals surface area contributed by atoms with Crippen molar-refractivity contribution in [2.24, 2.45) is 11.8 Å². The summed E-state index contributed by atoms with van der Waals surface area (Å²) in [5.74, 6) is 1.89. The van der Waals surface area contributed by atoms with E-state index in [1.807, 2.05) is 0 Å². The molecular formula is C13H27N. The molecule has 1 fully saturated rings. The third-order valence-corrected chi connectivity index (χ3v) is 3.80. The second-order valence-electron chi connectivity index (χ2n) is 4.98. The average molecular weight is 197 g/mol. The highest BCUT2D eigenvalue weighted by molar-refractivity contribution is 4.80. The van der Waals surface area contributed by atoms with E-state index in [1.165, 1.54) is 45.1 Å². The summed E-state index contributed by atoms with van der Waals surface area (Å²) >= 11 is 0. The van der Waals surface area contributed by atoms with Gasteiger partial charge in [0.05, 0.1) is 0 Å². The van der Waals surface area contributed by atoms with Crippen LogP contribution in [0.2, 0.25) is 0 Å². The summed E-state index contributed by atoms with van der Waals surface area (Å²) in [7, 11) is 0. The number of hydrogen-bond donors (Lipinski definition) is 1. The lowest BCUT2D eigenvalue weighted by Gasteiger charge is -2.33. The third kappa shape index (κ3) is 3.61. The molecule has 1 rings (SSSR count). The van der Waals surface area contributed by atoms with Gasteiger partial charge < -0.3 is 5.32 Å².